The van der Waals surface area contributed by atoms with Crippen LogP contribution in [0.15, 0.2) is 6.20 Å². The van der Waals surface area contributed by atoms with Crippen LogP contribution < -0.4 is 10.1 Å². The molecule has 0 spiro atoms. The Kier molecular flexibility index (Phi) is 4.86. The Balaban J connectivity index is 2.22. The molecule has 4 nitrogen and oxygen atoms in total. The first-order valence-electron chi connectivity index (χ1n) is 7.50. The molecule has 3 unspecified atom stereocenters. The number of methoxy groups -OCH3 is 1. The number of rotatable bonds is 6. The highest BCUT2D eigenvalue weighted by atomic mass is 16.5. The summed E-state index contributed by atoms with van der Waals surface area (Å²) in [4.78, 5) is 0. The average Bonchev–Trinajstić information content (AvgIpc) is 3.02. The van der Waals surface area contributed by atoms with Crippen molar-refractivity contribution in [2.24, 2.45) is 18.9 Å². The second-order valence-corrected chi connectivity index (χ2v) is 5.60. The molecule has 0 bridgehead atoms. The third-order valence-corrected chi connectivity index (χ3v) is 4.52. The van der Waals surface area contributed by atoms with Gasteiger partial charge < -0.3 is 10.1 Å². The van der Waals surface area contributed by atoms with Gasteiger partial charge in [0.1, 0.15) is 0 Å². The molecule has 108 valence electrons. The summed E-state index contributed by atoms with van der Waals surface area (Å²) in [5.41, 5.74) is 1.20. The summed E-state index contributed by atoms with van der Waals surface area (Å²) < 4.78 is 7.45. The van der Waals surface area contributed by atoms with Crippen LogP contribution in [0.5, 0.6) is 5.75 Å². The molecule has 1 aliphatic rings. The molecule has 3 atom stereocenters. The zero-order chi connectivity index (χ0) is 13.8. The van der Waals surface area contributed by atoms with Gasteiger partial charge in [0.15, 0.2) is 5.75 Å². The molecule has 1 N–H and O–H groups in total. The van der Waals surface area contributed by atoms with Crippen LogP contribution in [0.25, 0.3) is 0 Å². The summed E-state index contributed by atoms with van der Waals surface area (Å²) in [6.45, 7) is 5.45. The summed E-state index contributed by atoms with van der Waals surface area (Å²) >= 11 is 0. The molecule has 2 rings (SSSR count). The van der Waals surface area contributed by atoms with E-state index in [2.05, 4.69) is 24.3 Å². The second kappa shape index (κ2) is 6.42. The molecule has 1 saturated carbocycles. The zero-order valence-electron chi connectivity index (χ0n) is 12.6. The van der Waals surface area contributed by atoms with Gasteiger partial charge in [-0.3, -0.25) is 4.68 Å². The lowest BCUT2D eigenvalue weighted by Crippen LogP contribution is -2.29. The second-order valence-electron chi connectivity index (χ2n) is 5.60. The van der Waals surface area contributed by atoms with Crippen LogP contribution in [0.4, 0.5) is 0 Å². The van der Waals surface area contributed by atoms with E-state index in [9.17, 15) is 0 Å². The van der Waals surface area contributed by atoms with Crippen LogP contribution in [-0.2, 0) is 7.05 Å². The first-order valence-corrected chi connectivity index (χ1v) is 7.50. The number of nitrogens with one attached hydrogen (secondary N) is 1. The van der Waals surface area contributed by atoms with E-state index in [0.29, 0.717) is 12.0 Å². The van der Waals surface area contributed by atoms with Crippen molar-refractivity contribution in [2.75, 3.05) is 13.7 Å². The van der Waals surface area contributed by atoms with Gasteiger partial charge in [-0.15, -0.1) is 0 Å². The van der Waals surface area contributed by atoms with Crippen LogP contribution >= 0.6 is 0 Å². The Hall–Kier alpha value is -1.03. The highest BCUT2D eigenvalue weighted by Crippen LogP contribution is 2.42. The molecule has 0 saturated heterocycles. The maximum absolute atomic E-state index is 5.48. The third-order valence-electron chi connectivity index (χ3n) is 4.52. The standard InChI is InChI=1S/C15H27N3O/c1-5-11-7-8-12(9-11)14(16-6-2)15-13(19-4)10-17-18(15)3/h10-12,14,16H,5-9H2,1-4H3. The largest absolute Gasteiger partial charge is 0.493 e. The molecule has 1 aliphatic carbocycles. The zero-order valence-corrected chi connectivity index (χ0v) is 12.6. The number of hydrogen-bond donors (Lipinski definition) is 1. The SMILES string of the molecule is CCNC(c1c(OC)cnn1C)C1CCC(CC)C1. The summed E-state index contributed by atoms with van der Waals surface area (Å²) in [6.07, 6.45) is 7.13. The van der Waals surface area contributed by atoms with Crippen molar-refractivity contribution in [2.45, 2.75) is 45.6 Å². The number of nitrogens with zero attached hydrogens (tertiary/aromatic N) is 2. The van der Waals surface area contributed by atoms with Gasteiger partial charge in [0.2, 0.25) is 0 Å². The van der Waals surface area contributed by atoms with Crippen molar-refractivity contribution < 1.29 is 4.74 Å². The highest BCUT2D eigenvalue weighted by molar-refractivity contribution is 5.29. The van der Waals surface area contributed by atoms with E-state index < -0.39 is 0 Å². The predicted molar refractivity (Wildman–Crippen MR) is 77.3 cm³/mol. The van der Waals surface area contributed by atoms with Crippen molar-refractivity contribution in [1.82, 2.24) is 15.1 Å². The lowest BCUT2D eigenvalue weighted by atomic mass is 9.93. The van der Waals surface area contributed by atoms with Gasteiger partial charge in [0.05, 0.1) is 25.0 Å². The molecule has 0 amide bonds. The topological polar surface area (TPSA) is 39.1 Å². The molecule has 1 aromatic heterocycles. The molecular weight excluding hydrogens is 238 g/mol. The smallest absolute Gasteiger partial charge is 0.161 e. The molecule has 0 aliphatic heterocycles. The average molecular weight is 265 g/mol. The minimum absolute atomic E-state index is 0.365. The normalized spacial score (nSPS) is 24.6. The van der Waals surface area contributed by atoms with E-state index >= 15 is 0 Å². The molecule has 0 aromatic carbocycles. The van der Waals surface area contributed by atoms with E-state index in [-0.39, 0.29) is 0 Å². The summed E-state index contributed by atoms with van der Waals surface area (Å²) in [5, 5.41) is 8.00. The van der Waals surface area contributed by atoms with Crippen LogP contribution in [0.2, 0.25) is 0 Å². The monoisotopic (exact) mass is 265 g/mol. The Bertz CT molecular complexity index is 402. The van der Waals surface area contributed by atoms with Gasteiger partial charge in [-0.1, -0.05) is 26.7 Å². The van der Waals surface area contributed by atoms with Crippen LogP contribution in [-0.4, -0.2) is 23.4 Å². The molecule has 1 aromatic rings. The van der Waals surface area contributed by atoms with Gasteiger partial charge in [-0.25, -0.2) is 0 Å². The minimum Gasteiger partial charge on any atom is -0.493 e. The van der Waals surface area contributed by atoms with Crippen LogP contribution in [0.1, 0.15) is 51.3 Å². The summed E-state index contributed by atoms with van der Waals surface area (Å²) in [6, 6.07) is 0.365. The maximum Gasteiger partial charge on any atom is 0.161 e. The molecule has 19 heavy (non-hydrogen) atoms. The fourth-order valence-corrected chi connectivity index (χ4v) is 3.43. The van der Waals surface area contributed by atoms with E-state index in [1.807, 2.05) is 17.9 Å². The predicted octanol–water partition coefficient (Wildman–Crippen LogP) is 2.91. The lowest BCUT2D eigenvalue weighted by molar-refractivity contribution is 0.326. The van der Waals surface area contributed by atoms with E-state index in [1.165, 1.54) is 31.4 Å². The fourth-order valence-electron chi connectivity index (χ4n) is 3.43. The van der Waals surface area contributed by atoms with E-state index in [0.717, 1.165) is 18.2 Å². The Morgan fingerprint density at radius 3 is 2.84 bits per heavy atom. The Morgan fingerprint density at radius 2 is 2.26 bits per heavy atom. The van der Waals surface area contributed by atoms with Crippen LogP contribution in [0, 0.1) is 11.8 Å². The van der Waals surface area contributed by atoms with Crippen molar-refractivity contribution in [1.29, 1.82) is 0 Å². The van der Waals surface area contributed by atoms with Crippen molar-refractivity contribution in [3.05, 3.63) is 11.9 Å². The summed E-state index contributed by atoms with van der Waals surface area (Å²) in [5.74, 6) is 2.51. The molecule has 0 radical (unpaired) electrons. The number of hydrogen-bond acceptors (Lipinski definition) is 3. The van der Waals surface area contributed by atoms with E-state index in [1.54, 1.807) is 7.11 Å². The van der Waals surface area contributed by atoms with Gasteiger partial charge >= 0.3 is 0 Å². The number of aromatic nitrogens is 2. The highest BCUT2D eigenvalue weighted by Gasteiger charge is 2.33. The van der Waals surface area contributed by atoms with Crippen molar-refractivity contribution in [3.8, 4) is 5.75 Å². The number of aryl methyl sites for hydroxylation is 1. The Morgan fingerprint density at radius 1 is 1.47 bits per heavy atom. The third kappa shape index (κ3) is 2.94. The van der Waals surface area contributed by atoms with Crippen LogP contribution in [0.3, 0.4) is 0 Å². The summed E-state index contributed by atoms with van der Waals surface area (Å²) in [7, 11) is 3.74. The van der Waals surface area contributed by atoms with E-state index in [4.69, 9.17) is 4.74 Å². The fraction of sp³-hybridized carbons (Fsp3) is 0.800. The molecule has 4 heteroatoms. The first kappa shape index (κ1) is 14.4. The molecular formula is C15H27N3O. The lowest BCUT2D eigenvalue weighted by Gasteiger charge is -2.25. The Labute approximate surface area is 116 Å². The molecule has 1 fully saturated rings. The molecule has 1 heterocycles. The minimum atomic E-state index is 0.365. The number of ether oxygens (including phenoxy) is 1. The van der Waals surface area contributed by atoms with Gasteiger partial charge in [-0.05, 0) is 31.2 Å². The van der Waals surface area contributed by atoms with Crippen molar-refractivity contribution >= 4 is 0 Å². The van der Waals surface area contributed by atoms with Crippen molar-refractivity contribution in [3.63, 3.8) is 0 Å². The maximum atomic E-state index is 5.48. The van der Waals surface area contributed by atoms with Gasteiger partial charge in [-0.2, -0.15) is 5.10 Å². The van der Waals surface area contributed by atoms with Gasteiger partial charge in [0, 0.05) is 7.05 Å². The quantitative estimate of drug-likeness (QED) is 0.859. The first-order chi connectivity index (χ1) is 9.21. The van der Waals surface area contributed by atoms with Gasteiger partial charge in [0.25, 0.3) is 0 Å².